The zero-order valence-electron chi connectivity index (χ0n) is 8.31. The van der Waals surface area contributed by atoms with Crippen LogP contribution in [-0.4, -0.2) is 32.4 Å². The summed E-state index contributed by atoms with van der Waals surface area (Å²) in [5, 5.41) is 15.3. The van der Waals surface area contributed by atoms with Gasteiger partial charge in [0.05, 0.1) is 0 Å². The summed E-state index contributed by atoms with van der Waals surface area (Å²) in [6.07, 6.45) is 1.73. The highest BCUT2D eigenvalue weighted by Crippen LogP contribution is 1.94. The van der Waals surface area contributed by atoms with Gasteiger partial charge >= 0.3 is 5.97 Å². The van der Waals surface area contributed by atoms with Crippen molar-refractivity contribution in [1.29, 1.82) is 0 Å². The van der Waals surface area contributed by atoms with E-state index >= 15 is 0 Å². The summed E-state index contributed by atoms with van der Waals surface area (Å²) in [5.74, 6) is -0.706. The van der Waals surface area contributed by atoms with Gasteiger partial charge in [-0.15, -0.1) is 0 Å². The Bertz CT molecular complexity index is 295. The molecule has 0 bridgehead atoms. The minimum absolute atomic E-state index is 0.0500. The standard InChI is InChI=1S/C8H18N2O3S/c1-2-3-5-14(10,13)6-4-7(9)8(11)12/h6-7H,2-5,9H2,1H3,(H2,10,13)(H,11,12). The van der Waals surface area contributed by atoms with E-state index in [1.807, 2.05) is 6.92 Å². The number of carboxylic acid groups (broad SMARTS) is 1. The van der Waals surface area contributed by atoms with Gasteiger partial charge in [0.2, 0.25) is 0 Å². The Kier molecular flexibility index (Phi) is 5.75. The lowest BCUT2D eigenvalue weighted by Crippen LogP contribution is -2.32. The topological polar surface area (TPSA) is 106 Å². The van der Waals surface area contributed by atoms with Crippen LogP contribution in [0.5, 0.6) is 0 Å². The molecular weight excluding hydrogens is 204 g/mol. The molecule has 0 saturated carbocycles. The molecule has 0 heterocycles. The lowest BCUT2D eigenvalue weighted by atomic mass is 10.2. The quantitative estimate of drug-likeness (QED) is 0.529. The first kappa shape index (κ1) is 13.4. The second-order valence-electron chi connectivity index (χ2n) is 3.18. The molecule has 84 valence electrons. The number of hydrogen-bond donors (Lipinski definition) is 3. The molecule has 2 unspecified atom stereocenters. The van der Waals surface area contributed by atoms with Crippen molar-refractivity contribution in [3.05, 3.63) is 0 Å². The molecule has 0 aromatic carbocycles. The highest BCUT2D eigenvalue weighted by molar-refractivity contribution is 7.99. The summed E-state index contributed by atoms with van der Waals surface area (Å²) in [6, 6.07) is -1.01. The second kappa shape index (κ2) is 6.00. The predicted octanol–water partition coefficient (Wildman–Crippen LogP) is -0.451. The average Bonchev–Trinajstić information content (AvgIpc) is 2.11. The van der Waals surface area contributed by atoms with Crippen LogP contribution in [0.1, 0.15) is 26.2 Å². The zero-order chi connectivity index (χ0) is 11.2. The molecule has 0 aliphatic heterocycles. The van der Waals surface area contributed by atoms with Gasteiger partial charge in [-0.1, -0.05) is 13.3 Å². The van der Waals surface area contributed by atoms with Crippen molar-refractivity contribution in [3.8, 4) is 0 Å². The third-order valence-corrected chi connectivity index (χ3v) is 3.45. The molecule has 5 nitrogen and oxygen atoms in total. The molecule has 0 aliphatic rings. The van der Waals surface area contributed by atoms with Crippen LogP contribution in [0.3, 0.4) is 0 Å². The van der Waals surface area contributed by atoms with Gasteiger partial charge in [-0.2, -0.15) is 0 Å². The normalized spacial score (nSPS) is 17.1. The summed E-state index contributed by atoms with van der Waals surface area (Å²) < 4.78 is 11.5. The van der Waals surface area contributed by atoms with Gasteiger partial charge in [0.15, 0.2) is 0 Å². The third kappa shape index (κ3) is 5.95. The Balaban J connectivity index is 4.21. The van der Waals surface area contributed by atoms with E-state index in [1.165, 1.54) is 5.37 Å². The van der Waals surface area contributed by atoms with Crippen LogP contribution in [0.15, 0.2) is 0 Å². The first-order valence-corrected chi connectivity index (χ1v) is 6.35. The van der Waals surface area contributed by atoms with E-state index in [9.17, 15) is 9.00 Å². The van der Waals surface area contributed by atoms with Gasteiger partial charge in [-0.25, -0.2) is 0 Å². The number of nitrogens with two attached hydrogens (primary N) is 2. The number of carboxylic acids is 1. The number of aliphatic carboxylic acids is 1. The lowest BCUT2D eigenvalue weighted by Gasteiger charge is -2.06. The minimum Gasteiger partial charge on any atom is -0.480 e. The third-order valence-electron chi connectivity index (χ3n) is 1.77. The largest absolute Gasteiger partial charge is 0.480 e. The van der Waals surface area contributed by atoms with Crippen molar-refractivity contribution in [2.24, 2.45) is 10.9 Å². The highest BCUT2D eigenvalue weighted by Gasteiger charge is 2.10. The fraction of sp³-hybridized carbons (Fsp3) is 0.750. The molecule has 0 fully saturated rings. The average molecular weight is 222 g/mol. The van der Waals surface area contributed by atoms with Gasteiger partial charge in [-0.05, 0) is 11.8 Å². The number of unbranched alkanes of at least 4 members (excludes halogenated alkanes) is 1. The van der Waals surface area contributed by atoms with Gasteiger partial charge < -0.3 is 10.8 Å². The van der Waals surface area contributed by atoms with E-state index in [0.29, 0.717) is 5.75 Å². The van der Waals surface area contributed by atoms with Crippen LogP contribution >= 0.6 is 0 Å². The molecule has 0 spiro atoms. The molecule has 0 aliphatic carbocycles. The molecule has 0 aromatic heterocycles. The summed E-state index contributed by atoms with van der Waals surface area (Å²) in [4.78, 5) is 10.4. The molecule has 0 rings (SSSR count). The first-order chi connectivity index (χ1) is 6.39. The van der Waals surface area contributed by atoms with E-state index in [1.54, 1.807) is 0 Å². The highest BCUT2D eigenvalue weighted by atomic mass is 32.2. The predicted molar refractivity (Wildman–Crippen MR) is 58.4 cm³/mol. The molecule has 0 aromatic rings. The maximum absolute atomic E-state index is 11.5. The monoisotopic (exact) mass is 222 g/mol. The van der Waals surface area contributed by atoms with Crippen LogP contribution in [0.2, 0.25) is 0 Å². The van der Waals surface area contributed by atoms with Crippen LogP contribution in [0, 0.1) is 0 Å². The lowest BCUT2D eigenvalue weighted by molar-refractivity contribution is -0.138. The second-order valence-corrected chi connectivity index (χ2v) is 5.49. The van der Waals surface area contributed by atoms with Crippen molar-refractivity contribution in [2.45, 2.75) is 32.2 Å². The molecule has 14 heavy (non-hydrogen) atoms. The van der Waals surface area contributed by atoms with Crippen LogP contribution in [0.4, 0.5) is 0 Å². The summed E-state index contributed by atoms with van der Waals surface area (Å²) >= 11 is 0. The minimum atomic E-state index is -2.49. The van der Waals surface area contributed by atoms with Crippen molar-refractivity contribution in [2.75, 3.05) is 5.75 Å². The summed E-state index contributed by atoms with van der Waals surface area (Å²) in [7, 11) is -2.49. The summed E-state index contributed by atoms with van der Waals surface area (Å²) in [5.41, 5.74) is 5.24. The Morgan fingerprint density at radius 1 is 1.64 bits per heavy atom. The van der Waals surface area contributed by atoms with E-state index in [4.69, 9.17) is 16.0 Å². The van der Waals surface area contributed by atoms with Crippen LogP contribution in [0.25, 0.3) is 0 Å². The number of rotatable bonds is 6. The van der Waals surface area contributed by atoms with Gasteiger partial charge in [0.1, 0.15) is 6.04 Å². The number of carbonyl (C=O) groups is 1. The van der Waals surface area contributed by atoms with Crippen molar-refractivity contribution >= 4 is 21.0 Å². The van der Waals surface area contributed by atoms with Gasteiger partial charge in [0, 0.05) is 21.9 Å². The maximum atomic E-state index is 11.5. The maximum Gasteiger partial charge on any atom is 0.320 e. The molecule has 0 radical (unpaired) electrons. The fourth-order valence-corrected chi connectivity index (χ4v) is 2.26. The van der Waals surface area contributed by atoms with E-state index in [0.717, 1.165) is 12.8 Å². The molecule has 0 amide bonds. The molecule has 6 heteroatoms. The molecule has 5 N–H and O–H groups in total. The Hall–Kier alpha value is -0.590. The fourth-order valence-electron chi connectivity index (χ4n) is 0.821. The zero-order valence-corrected chi connectivity index (χ0v) is 9.13. The Morgan fingerprint density at radius 3 is 2.64 bits per heavy atom. The summed E-state index contributed by atoms with van der Waals surface area (Å²) in [6.45, 7) is 1.97. The SMILES string of the molecule is CCCCS(N)(=O)=CCC(N)C(=O)O. The first-order valence-electron chi connectivity index (χ1n) is 4.50. The van der Waals surface area contributed by atoms with E-state index < -0.39 is 21.7 Å². The van der Waals surface area contributed by atoms with E-state index in [2.05, 4.69) is 0 Å². The molecule has 0 saturated heterocycles. The van der Waals surface area contributed by atoms with Gasteiger partial charge in [0.25, 0.3) is 0 Å². The molecular formula is C8H18N2O3S. The van der Waals surface area contributed by atoms with Crippen molar-refractivity contribution in [1.82, 2.24) is 0 Å². The molecule has 2 atom stereocenters. The number of hydrogen-bond acceptors (Lipinski definition) is 3. The van der Waals surface area contributed by atoms with Crippen LogP contribution < -0.4 is 10.9 Å². The van der Waals surface area contributed by atoms with E-state index in [-0.39, 0.29) is 6.42 Å². The van der Waals surface area contributed by atoms with Crippen LogP contribution in [-0.2, 0) is 14.5 Å². The van der Waals surface area contributed by atoms with Gasteiger partial charge in [-0.3, -0.25) is 14.1 Å². The smallest absolute Gasteiger partial charge is 0.320 e. The van der Waals surface area contributed by atoms with Crippen molar-refractivity contribution in [3.63, 3.8) is 0 Å². The van der Waals surface area contributed by atoms with Crippen molar-refractivity contribution < 1.29 is 14.1 Å². The Morgan fingerprint density at radius 2 is 2.21 bits per heavy atom. The Labute approximate surface area is 84.6 Å².